The maximum atomic E-state index is 13.2. The number of anilines is 1. The summed E-state index contributed by atoms with van der Waals surface area (Å²) in [6, 6.07) is 21.8. The Hall–Kier alpha value is -4.39. The Morgan fingerprint density at radius 2 is 1.71 bits per heavy atom. The highest BCUT2D eigenvalue weighted by Crippen LogP contribution is 2.38. The topological polar surface area (TPSA) is 96.3 Å². The maximum Gasteiger partial charge on any atom is 0.342 e. The van der Waals surface area contributed by atoms with E-state index in [1.807, 2.05) is 56.3 Å². The molecule has 0 unspecified atom stereocenters. The summed E-state index contributed by atoms with van der Waals surface area (Å²) in [4.78, 5) is 25.8. The normalized spacial score (nSPS) is 13.4. The van der Waals surface area contributed by atoms with Crippen molar-refractivity contribution in [1.29, 1.82) is 0 Å². The molecular weight excluding hydrogens is 476 g/mol. The van der Waals surface area contributed by atoms with E-state index in [1.54, 1.807) is 24.3 Å². The molecule has 4 aromatic rings. The number of carbonyl (C=O) groups is 2. The van der Waals surface area contributed by atoms with Gasteiger partial charge in [0.2, 0.25) is 0 Å². The molecule has 38 heavy (non-hydrogen) atoms. The number of carbonyl (C=O) groups excluding carboxylic acids is 2. The number of amides is 2. The van der Waals surface area contributed by atoms with Crippen molar-refractivity contribution in [2.45, 2.75) is 52.0 Å². The summed E-state index contributed by atoms with van der Waals surface area (Å²) in [5, 5.41) is 21.3. The Kier molecular flexibility index (Phi) is 7.26. The van der Waals surface area contributed by atoms with Crippen LogP contribution in [0.3, 0.4) is 0 Å². The second-order valence-electron chi connectivity index (χ2n) is 9.98. The summed E-state index contributed by atoms with van der Waals surface area (Å²) in [6.07, 6.45) is 4.26. The van der Waals surface area contributed by atoms with E-state index in [0.29, 0.717) is 29.1 Å². The van der Waals surface area contributed by atoms with Gasteiger partial charge < -0.3 is 15.7 Å². The number of nitrogens with zero attached hydrogens (tertiary/aromatic N) is 2. The van der Waals surface area contributed by atoms with E-state index in [9.17, 15) is 14.7 Å². The summed E-state index contributed by atoms with van der Waals surface area (Å²) in [5.41, 5.74) is 6.13. The third-order valence-electron chi connectivity index (χ3n) is 7.24. The molecule has 1 saturated carbocycles. The first-order valence-corrected chi connectivity index (χ1v) is 13.0. The minimum absolute atomic E-state index is 0.0188. The Labute approximate surface area is 222 Å². The molecule has 3 N–H and O–H groups in total. The smallest absolute Gasteiger partial charge is 0.342 e. The van der Waals surface area contributed by atoms with Gasteiger partial charge in [-0.3, -0.25) is 4.79 Å². The van der Waals surface area contributed by atoms with Gasteiger partial charge in [-0.05, 0) is 68.1 Å². The molecule has 2 amide bonds. The van der Waals surface area contributed by atoms with Crippen molar-refractivity contribution in [2.24, 2.45) is 0 Å². The minimum atomic E-state index is -0.289. The molecule has 0 bridgehead atoms. The fraction of sp³-hybridized carbons (Fsp3) is 0.258. The van der Waals surface area contributed by atoms with E-state index in [-0.39, 0.29) is 23.6 Å². The molecule has 1 fully saturated rings. The van der Waals surface area contributed by atoms with Crippen LogP contribution < -0.4 is 10.6 Å². The molecule has 0 atom stereocenters. The highest BCUT2D eigenvalue weighted by atomic mass is 16.3. The standard InChI is InChI=1S/C31H32N4O3/c1-20-11-13-23(14-12-20)30(37)33-25-15-16-26(29(36)17-25)27-18-28(22-8-5-6-9-22)35(34-27)31(38)32-19-24-10-4-3-7-21(24)2/h3-4,7,10-18,22,36H,5-6,8-9,19H2,1-2H3,(H,32,38)(H,33,37). The van der Waals surface area contributed by atoms with E-state index in [1.165, 1.54) is 10.7 Å². The lowest BCUT2D eigenvalue weighted by Gasteiger charge is -2.13. The Balaban J connectivity index is 1.38. The predicted molar refractivity (Wildman–Crippen MR) is 148 cm³/mol. The number of nitrogens with one attached hydrogen (secondary N) is 2. The fourth-order valence-corrected chi connectivity index (χ4v) is 4.99. The number of phenolic OH excluding ortho intramolecular Hbond substituents is 1. The van der Waals surface area contributed by atoms with Gasteiger partial charge in [-0.2, -0.15) is 9.78 Å². The molecule has 0 aliphatic heterocycles. The molecule has 194 valence electrons. The SMILES string of the molecule is Cc1ccc(C(=O)Nc2ccc(-c3cc(C4CCCC4)n(C(=O)NCc4ccccc4C)n3)c(O)c2)cc1. The number of aromatic hydroxyl groups is 1. The number of benzene rings is 3. The van der Waals surface area contributed by atoms with Crippen LogP contribution >= 0.6 is 0 Å². The highest BCUT2D eigenvalue weighted by Gasteiger charge is 2.26. The molecular formula is C31H32N4O3. The van der Waals surface area contributed by atoms with Gasteiger partial charge in [0.15, 0.2) is 0 Å². The summed E-state index contributed by atoms with van der Waals surface area (Å²) >= 11 is 0. The summed E-state index contributed by atoms with van der Waals surface area (Å²) < 4.78 is 1.45. The van der Waals surface area contributed by atoms with Gasteiger partial charge in [0, 0.05) is 35.3 Å². The molecule has 7 nitrogen and oxygen atoms in total. The average molecular weight is 509 g/mol. The third kappa shape index (κ3) is 5.47. The van der Waals surface area contributed by atoms with Gasteiger partial charge in [0.05, 0.1) is 11.4 Å². The second kappa shape index (κ2) is 10.9. The Morgan fingerprint density at radius 3 is 2.42 bits per heavy atom. The van der Waals surface area contributed by atoms with Crippen LogP contribution in [0.25, 0.3) is 11.3 Å². The number of hydrogen-bond acceptors (Lipinski definition) is 4. The lowest BCUT2D eigenvalue weighted by molar-refractivity contribution is 0.102. The van der Waals surface area contributed by atoms with Gasteiger partial charge in [-0.25, -0.2) is 4.79 Å². The molecule has 1 aliphatic carbocycles. The quantitative estimate of drug-likeness (QED) is 0.275. The van der Waals surface area contributed by atoms with Crippen LogP contribution in [0, 0.1) is 13.8 Å². The highest BCUT2D eigenvalue weighted by molar-refractivity contribution is 6.04. The molecule has 0 radical (unpaired) electrons. The van der Waals surface area contributed by atoms with Gasteiger partial charge >= 0.3 is 6.03 Å². The minimum Gasteiger partial charge on any atom is -0.507 e. The largest absolute Gasteiger partial charge is 0.507 e. The van der Waals surface area contributed by atoms with Crippen molar-refractivity contribution < 1.29 is 14.7 Å². The van der Waals surface area contributed by atoms with Crippen molar-refractivity contribution in [3.63, 3.8) is 0 Å². The van der Waals surface area contributed by atoms with Gasteiger partial charge in [-0.1, -0.05) is 54.8 Å². The van der Waals surface area contributed by atoms with Gasteiger partial charge in [0.1, 0.15) is 5.75 Å². The monoisotopic (exact) mass is 508 g/mol. The zero-order valence-electron chi connectivity index (χ0n) is 21.7. The first-order valence-electron chi connectivity index (χ1n) is 13.0. The van der Waals surface area contributed by atoms with Crippen molar-refractivity contribution in [2.75, 3.05) is 5.32 Å². The average Bonchev–Trinajstić information content (AvgIpc) is 3.59. The van der Waals surface area contributed by atoms with Crippen molar-refractivity contribution in [1.82, 2.24) is 15.1 Å². The lowest BCUT2D eigenvalue weighted by Crippen LogP contribution is -2.31. The second-order valence-corrected chi connectivity index (χ2v) is 9.98. The van der Waals surface area contributed by atoms with Crippen LogP contribution in [0.1, 0.15) is 64.3 Å². The van der Waals surface area contributed by atoms with Crippen LogP contribution in [0.15, 0.2) is 72.8 Å². The molecule has 3 aromatic carbocycles. The molecule has 1 aromatic heterocycles. The van der Waals surface area contributed by atoms with Crippen LogP contribution in [0.4, 0.5) is 10.5 Å². The van der Waals surface area contributed by atoms with Crippen LogP contribution in [0.5, 0.6) is 5.75 Å². The van der Waals surface area contributed by atoms with E-state index >= 15 is 0 Å². The lowest BCUT2D eigenvalue weighted by atomic mass is 10.0. The van der Waals surface area contributed by atoms with Gasteiger partial charge in [0.25, 0.3) is 5.91 Å². The number of phenols is 1. The zero-order chi connectivity index (χ0) is 26.6. The summed E-state index contributed by atoms with van der Waals surface area (Å²) in [5.74, 6) is -0.0272. The van der Waals surface area contributed by atoms with E-state index < -0.39 is 0 Å². The summed E-state index contributed by atoms with van der Waals surface area (Å²) in [6.45, 7) is 4.39. The molecule has 0 saturated heterocycles. The fourth-order valence-electron chi connectivity index (χ4n) is 4.99. The number of hydrogen-bond donors (Lipinski definition) is 3. The van der Waals surface area contributed by atoms with Crippen molar-refractivity contribution in [3.05, 3.63) is 101 Å². The predicted octanol–water partition coefficient (Wildman–Crippen LogP) is 6.54. The first-order chi connectivity index (χ1) is 18.4. The Morgan fingerprint density at radius 1 is 0.974 bits per heavy atom. The van der Waals surface area contributed by atoms with Gasteiger partial charge in [-0.15, -0.1) is 0 Å². The maximum absolute atomic E-state index is 13.2. The molecule has 7 heteroatoms. The van der Waals surface area contributed by atoms with E-state index in [2.05, 4.69) is 15.7 Å². The molecule has 0 spiro atoms. The van der Waals surface area contributed by atoms with Crippen molar-refractivity contribution in [3.8, 4) is 17.0 Å². The Bertz CT molecular complexity index is 1470. The van der Waals surface area contributed by atoms with Crippen LogP contribution in [0.2, 0.25) is 0 Å². The third-order valence-corrected chi connectivity index (χ3v) is 7.24. The van der Waals surface area contributed by atoms with Crippen molar-refractivity contribution >= 4 is 17.6 Å². The number of aryl methyl sites for hydroxylation is 2. The number of rotatable bonds is 6. The zero-order valence-corrected chi connectivity index (χ0v) is 21.7. The van der Waals surface area contributed by atoms with Crippen LogP contribution in [-0.2, 0) is 6.54 Å². The molecule has 5 rings (SSSR count). The van der Waals surface area contributed by atoms with Crippen LogP contribution in [-0.4, -0.2) is 26.8 Å². The number of aromatic nitrogens is 2. The van der Waals surface area contributed by atoms with E-state index in [0.717, 1.165) is 48.1 Å². The first kappa shape index (κ1) is 25.3. The molecule has 1 aliphatic rings. The van der Waals surface area contributed by atoms with E-state index in [4.69, 9.17) is 0 Å². The summed E-state index contributed by atoms with van der Waals surface area (Å²) in [7, 11) is 0. The molecule has 1 heterocycles.